The van der Waals surface area contributed by atoms with E-state index in [4.69, 9.17) is 0 Å². The molecular weight excluding hydrogens is 362 g/mol. The Hall–Kier alpha value is -2.77. The van der Waals surface area contributed by atoms with Crippen molar-refractivity contribution in [3.8, 4) is 0 Å². The van der Waals surface area contributed by atoms with Crippen LogP contribution in [0.3, 0.4) is 0 Å². The Labute approximate surface area is 158 Å². The van der Waals surface area contributed by atoms with Crippen molar-refractivity contribution in [2.24, 2.45) is 0 Å². The Bertz CT molecular complexity index is 1040. The van der Waals surface area contributed by atoms with E-state index in [0.29, 0.717) is 12.2 Å². The minimum atomic E-state index is -3.51. The number of benzene rings is 2. The van der Waals surface area contributed by atoms with Crippen molar-refractivity contribution in [2.45, 2.75) is 24.7 Å². The highest BCUT2D eigenvalue weighted by Crippen LogP contribution is 2.18. The second-order valence-electron chi connectivity index (χ2n) is 6.14. The molecule has 1 amide bonds. The summed E-state index contributed by atoms with van der Waals surface area (Å²) in [5, 5.41) is 3.78. The molecule has 3 aromatic rings. The van der Waals surface area contributed by atoms with Crippen LogP contribution in [-0.2, 0) is 21.2 Å². The second-order valence-corrected chi connectivity index (χ2v) is 7.91. The van der Waals surface area contributed by atoms with Gasteiger partial charge in [-0.2, -0.15) is 0 Å². The lowest BCUT2D eigenvalue weighted by Crippen LogP contribution is -2.24. The highest BCUT2D eigenvalue weighted by Gasteiger charge is 2.13. The number of hydrogen-bond donors (Lipinski definition) is 2. The Balaban J connectivity index is 1.69. The highest BCUT2D eigenvalue weighted by molar-refractivity contribution is 7.89. The Morgan fingerprint density at radius 1 is 1.04 bits per heavy atom. The predicted molar refractivity (Wildman–Crippen MR) is 106 cm³/mol. The fourth-order valence-electron chi connectivity index (χ4n) is 2.73. The maximum Gasteiger partial charge on any atom is 0.240 e. The topological polar surface area (TPSA) is 88.2 Å². The summed E-state index contributed by atoms with van der Waals surface area (Å²) in [5.74, 6) is -0.187. The number of rotatable bonds is 7. The van der Waals surface area contributed by atoms with Crippen molar-refractivity contribution < 1.29 is 13.2 Å². The van der Waals surface area contributed by atoms with Crippen LogP contribution in [0.1, 0.15) is 18.9 Å². The van der Waals surface area contributed by atoms with Crippen LogP contribution < -0.4 is 10.0 Å². The lowest BCUT2D eigenvalue weighted by molar-refractivity contribution is -0.115. The largest absolute Gasteiger partial charge is 0.326 e. The minimum absolute atomic E-state index is 0.173. The minimum Gasteiger partial charge on any atom is -0.326 e. The van der Waals surface area contributed by atoms with Gasteiger partial charge in [-0.1, -0.05) is 31.2 Å². The molecule has 2 aromatic carbocycles. The number of amides is 1. The first kappa shape index (κ1) is 19.0. The molecule has 1 heterocycles. The molecule has 0 aliphatic rings. The lowest BCUT2D eigenvalue weighted by atomic mass is 10.1. The Morgan fingerprint density at radius 3 is 2.52 bits per heavy atom. The Kier molecular flexibility index (Phi) is 5.83. The first-order valence-electron chi connectivity index (χ1n) is 8.72. The SMILES string of the molecule is CCCNS(=O)(=O)c1ccc(NC(=O)Cc2cccc3cccnc23)cc1. The molecule has 0 unspecified atom stereocenters. The van der Waals surface area contributed by atoms with Gasteiger partial charge in [0.2, 0.25) is 15.9 Å². The summed E-state index contributed by atoms with van der Waals surface area (Å²) < 4.78 is 26.7. The summed E-state index contributed by atoms with van der Waals surface area (Å²) in [4.78, 5) is 16.9. The number of fused-ring (bicyclic) bond motifs is 1. The number of nitrogens with one attached hydrogen (secondary N) is 2. The average molecular weight is 383 g/mol. The van der Waals surface area contributed by atoms with Gasteiger partial charge in [-0.3, -0.25) is 9.78 Å². The molecule has 140 valence electrons. The van der Waals surface area contributed by atoms with Crippen LogP contribution in [0.25, 0.3) is 10.9 Å². The number of carbonyl (C=O) groups excluding carboxylic acids is 1. The molecule has 0 saturated heterocycles. The summed E-state index contributed by atoms with van der Waals surface area (Å²) in [6.07, 6.45) is 2.61. The van der Waals surface area contributed by atoms with Crippen LogP contribution >= 0.6 is 0 Å². The number of para-hydroxylation sites is 1. The molecule has 2 N–H and O–H groups in total. The number of carbonyl (C=O) groups is 1. The fraction of sp³-hybridized carbons (Fsp3) is 0.200. The first-order valence-corrected chi connectivity index (χ1v) is 10.2. The summed E-state index contributed by atoms with van der Waals surface area (Å²) in [6.45, 7) is 2.28. The van der Waals surface area contributed by atoms with Gasteiger partial charge in [0.05, 0.1) is 16.8 Å². The number of anilines is 1. The molecule has 0 spiro atoms. The molecular formula is C20H21N3O3S. The molecule has 27 heavy (non-hydrogen) atoms. The lowest BCUT2D eigenvalue weighted by Gasteiger charge is -2.09. The standard InChI is InChI=1S/C20H21N3O3S/c1-2-12-22-27(25,26)18-10-8-17(9-11-18)23-19(24)14-16-6-3-5-15-7-4-13-21-20(15)16/h3-11,13,22H,2,12,14H2,1H3,(H,23,24). The zero-order chi connectivity index (χ0) is 19.3. The van der Waals surface area contributed by atoms with Gasteiger partial charge in [0.25, 0.3) is 0 Å². The third-order valence-electron chi connectivity index (χ3n) is 4.06. The third kappa shape index (κ3) is 4.69. The van der Waals surface area contributed by atoms with Crippen molar-refractivity contribution in [1.29, 1.82) is 0 Å². The van der Waals surface area contributed by atoms with Gasteiger partial charge in [0.15, 0.2) is 0 Å². The summed E-state index contributed by atoms with van der Waals surface area (Å²) in [6, 6.07) is 15.7. The molecule has 0 aliphatic heterocycles. The van der Waals surface area contributed by atoms with Gasteiger partial charge in [-0.15, -0.1) is 0 Å². The Morgan fingerprint density at radius 2 is 1.78 bits per heavy atom. The van der Waals surface area contributed by atoms with Gasteiger partial charge in [-0.25, -0.2) is 13.1 Å². The molecule has 0 atom stereocenters. The third-order valence-corrected chi connectivity index (χ3v) is 5.53. The molecule has 1 aromatic heterocycles. The van der Waals surface area contributed by atoms with Gasteiger partial charge in [0, 0.05) is 23.8 Å². The maximum atomic E-state index is 12.4. The van der Waals surface area contributed by atoms with Crippen LogP contribution in [0.4, 0.5) is 5.69 Å². The van der Waals surface area contributed by atoms with Crippen molar-refractivity contribution in [3.05, 3.63) is 66.4 Å². The summed E-state index contributed by atoms with van der Waals surface area (Å²) in [7, 11) is -3.51. The predicted octanol–water partition coefficient (Wildman–Crippen LogP) is 3.10. The van der Waals surface area contributed by atoms with E-state index in [1.807, 2.05) is 37.3 Å². The quantitative estimate of drug-likeness (QED) is 0.656. The van der Waals surface area contributed by atoms with Gasteiger partial charge < -0.3 is 5.32 Å². The molecule has 0 saturated carbocycles. The van der Waals surface area contributed by atoms with E-state index in [9.17, 15) is 13.2 Å². The molecule has 0 aliphatic carbocycles. The highest BCUT2D eigenvalue weighted by atomic mass is 32.2. The molecule has 6 nitrogen and oxygen atoms in total. The van der Waals surface area contributed by atoms with Crippen LogP contribution in [0.5, 0.6) is 0 Å². The van der Waals surface area contributed by atoms with E-state index in [0.717, 1.165) is 22.9 Å². The van der Waals surface area contributed by atoms with E-state index in [-0.39, 0.29) is 17.2 Å². The van der Waals surface area contributed by atoms with Crippen molar-refractivity contribution in [1.82, 2.24) is 9.71 Å². The van der Waals surface area contributed by atoms with Gasteiger partial charge >= 0.3 is 0 Å². The number of sulfonamides is 1. The van der Waals surface area contributed by atoms with E-state index in [2.05, 4.69) is 15.0 Å². The molecule has 0 radical (unpaired) electrons. The normalized spacial score (nSPS) is 11.4. The molecule has 0 fully saturated rings. The van der Waals surface area contributed by atoms with E-state index in [1.54, 1.807) is 18.3 Å². The smallest absolute Gasteiger partial charge is 0.240 e. The molecule has 3 rings (SSSR count). The van der Waals surface area contributed by atoms with E-state index < -0.39 is 10.0 Å². The van der Waals surface area contributed by atoms with Crippen LogP contribution in [0, 0.1) is 0 Å². The average Bonchev–Trinajstić information content (AvgIpc) is 2.67. The van der Waals surface area contributed by atoms with Gasteiger partial charge in [0.1, 0.15) is 0 Å². The van der Waals surface area contributed by atoms with Crippen molar-refractivity contribution >= 4 is 32.5 Å². The molecule has 7 heteroatoms. The van der Waals surface area contributed by atoms with Gasteiger partial charge in [-0.05, 0) is 42.3 Å². The summed E-state index contributed by atoms with van der Waals surface area (Å²) >= 11 is 0. The zero-order valence-electron chi connectivity index (χ0n) is 15.0. The first-order chi connectivity index (χ1) is 13.0. The number of hydrogen-bond acceptors (Lipinski definition) is 4. The second kappa shape index (κ2) is 8.28. The van der Waals surface area contributed by atoms with Crippen molar-refractivity contribution in [2.75, 3.05) is 11.9 Å². The van der Waals surface area contributed by atoms with Crippen LogP contribution in [0.2, 0.25) is 0 Å². The fourth-order valence-corrected chi connectivity index (χ4v) is 3.86. The van der Waals surface area contributed by atoms with Crippen LogP contribution in [-0.4, -0.2) is 25.9 Å². The van der Waals surface area contributed by atoms with Crippen molar-refractivity contribution in [3.63, 3.8) is 0 Å². The number of nitrogens with zero attached hydrogens (tertiary/aromatic N) is 1. The van der Waals surface area contributed by atoms with Crippen LogP contribution in [0.15, 0.2) is 65.7 Å². The van der Waals surface area contributed by atoms with E-state index >= 15 is 0 Å². The van der Waals surface area contributed by atoms with E-state index in [1.165, 1.54) is 12.1 Å². The zero-order valence-corrected chi connectivity index (χ0v) is 15.8. The molecule has 0 bridgehead atoms. The number of pyridine rings is 1. The maximum absolute atomic E-state index is 12.4. The number of aromatic nitrogens is 1. The summed E-state index contributed by atoms with van der Waals surface area (Å²) in [5.41, 5.74) is 2.19. The monoisotopic (exact) mass is 383 g/mol.